The molecule has 0 aliphatic carbocycles. The van der Waals surface area contributed by atoms with Gasteiger partial charge in [-0.25, -0.2) is 4.39 Å². The van der Waals surface area contributed by atoms with Crippen LogP contribution in [0.25, 0.3) is 0 Å². The van der Waals surface area contributed by atoms with Crippen LogP contribution in [-0.4, -0.2) is 12.5 Å². The number of halogens is 1. The van der Waals surface area contributed by atoms with Crippen molar-refractivity contribution in [3.8, 4) is 0 Å². The zero-order valence-electron chi connectivity index (χ0n) is 10.9. The van der Waals surface area contributed by atoms with Crippen molar-refractivity contribution < 1.29 is 9.18 Å². The lowest BCUT2D eigenvalue weighted by atomic mass is 10.1. The fraction of sp³-hybridized carbons (Fsp3) is 0.188. The number of carbonyl (C=O) groups excluding carboxylic acids is 1. The third-order valence-electron chi connectivity index (χ3n) is 3.42. The molecule has 0 fully saturated rings. The summed E-state index contributed by atoms with van der Waals surface area (Å²) in [6, 6.07) is 11.9. The van der Waals surface area contributed by atoms with Gasteiger partial charge < -0.3 is 10.6 Å². The number of hydrogen-bond donors (Lipinski definition) is 2. The van der Waals surface area contributed by atoms with Gasteiger partial charge >= 0.3 is 0 Å². The lowest BCUT2D eigenvalue weighted by Gasteiger charge is -2.07. The average molecular weight is 270 g/mol. The monoisotopic (exact) mass is 270 g/mol. The summed E-state index contributed by atoms with van der Waals surface area (Å²) in [6.45, 7) is 1.25. The summed E-state index contributed by atoms with van der Waals surface area (Å²) in [4.78, 5) is 12.1. The first kappa shape index (κ1) is 12.7. The highest BCUT2D eigenvalue weighted by molar-refractivity contribution is 5.95. The molecule has 4 heteroatoms. The Morgan fingerprint density at radius 2 is 2.15 bits per heavy atom. The van der Waals surface area contributed by atoms with E-state index in [0.29, 0.717) is 12.1 Å². The van der Waals surface area contributed by atoms with Gasteiger partial charge in [0.25, 0.3) is 5.91 Å². The summed E-state index contributed by atoms with van der Waals surface area (Å²) in [5.74, 6) is -0.427. The predicted octanol–water partition coefficient (Wildman–Crippen LogP) is 2.72. The van der Waals surface area contributed by atoms with E-state index in [1.165, 1.54) is 17.7 Å². The molecule has 20 heavy (non-hydrogen) atoms. The van der Waals surface area contributed by atoms with Crippen LogP contribution in [0.2, 0.25) is 0 Å². The number of benzene rings is 2. The largest absolute Gasteiger partial charge is 0.384 e. The highest BCUT2D eigenvalue weighted by atomic mass is 19.1. The average Bonchev–Trinajstić information content (AvgIpc) is 2.92. The molecule has 102 valence electrons. The second-order valence-corrected chi connectivity index (χ2v) is 4.86. The Bertz CT molecular complexity index is 655. The van der Waals surface area contributed by atoms with Gasteiger partial charge in [-0.3, -0.25) is 4.79 Å². The van der Waals surface area contributed by atoms with E-state index in [0.717, 1.165) is 24.2 Å². The Morgan fingerprint density at radius 1 is 1.25 bits per heavy atom. The first-order valence-electron chi connectivity index (χ1n) is 6.62. The van der Waals surface area contributed by atoms with Gasteiger partial charge in [-0.15, -0.1) is 0 Å². The van der Waals surface area contributed by atoms with Gasteiger partial charge in [0.05, 0.1) is 0 Å². The summed E-state index contributed by atoms with van der Waals surface area (Å²) < 4.78 is 13.0. The molecule has 2 aromatic rings. The number of rotatable bonds is 3. The van der Waals surface area contributed by atoms with E-state index in [4.69, 9.17) is 0 Å². The molecule has 0 unspecified atom stereocenters. The Morgan fingerprint density at radius 3 is 3.00 bits per heavy atom. The van der Waals surface area contributed by atoms with E-state index in [1.807, 2.05) is 12.1 Å². The molecule has 1 heterocycles. The molecule has 2 aromatic carbocycles. The van der Waals surface area contributed by atoms with E-state index in [-0.39, 0.29) is 11.7 Å². The molecule has 1 amide bonds. The molecule has 1 aliphatic heterocycles. The maximum absolute atomic E-state index is 13.0. The third kappa shape index (κ3) is 2.64. The maximum Gasteiger partial charge on any atom is 0.251 e. The molecule has 0 spiro atoms. The van der Waals surface area contributed by atoms with Gasteiger partial charge in [0.15, 0.2) is 0 Å². The fourth-order valence-corrected chi connectivity index (χ4v) is 2.38. The van der Waals surface area contributed by atoms with Crippen LogP contribution in [0.15, 0.2) is 42.5 Å². The summed E-state index contributed by atoms with van der Waals surface area (Å²) in [5, 5.41) is 6.06. The van der Waals surface area contributed by atoms with Gasteiger partial charge in [-0.1, -0.05) is 12.1 Å². The maximum atomic E-state index is 13.0. The molecule has 3 nitrogen and oxygen atoms in total. The van der Waals surface area contributed by atoms with Crippen LogP contribution < -0.4 is 10.6 Å². The highest BCUT2D eigenvalue weighted by Crippen LogP contribution is 2.22. The molecular weight excluding hydrogens is 255 g/mol. The van der Waals surface area contributed by atoms with E-state index >= 15 is 0 Å². The van der Waals surface area contributed by atoms with Crippen LogP contribution in [0.1, 0.15) is 21.5 Å². The molecule has 0 aromatic heterocycles. The van der Waals surface area contributed by atoms with Crippen LogP contribution in [0.3, 0.4) is 0 Å². The molecule has 0 bridgehead atoms. The first-order valence-corrected chi connectivity index (χ1v) is 6.62. The van der Waals surface area contributed by atoms with Gasteiger partial charge in [-0.2, -0.15) is 0 Å². The minimum Gasteiger partial charge on any atom is -0.384 e. The zero-order chi connectivity index (χ0) is 13.9. The van der Waals surface area contributed by atoms with Crippen LogP contribution in [0.4, 0.5) is 10.1 Å². The van der Waals surface area contributed by atoms with Gasteiger partial charge in [0.2, 0.25) is 0 Å². The topological polar surface area (TPSA) is 41.1 Å². The van der Waals surface area contributed by atoms with Crippen molar-refractivity contribution in [3.63, 3.8) is 0 Å². The minimum atomic E-state index is -0.291. The quantitative estimate of drug-likeness (QED) is 0.900. The second-order valence-electron chi connectivity index (χ2n) is 4.86. The molecule has 0 saturated heterocycles. The molecule has 2 N–H and O–H groups in total. The molecule has 3 rings (SSSR count). The van der Waals surface area contributed by atoms with Crippen molar-refractivity contribution in [1.82, 2.24) is 5.32 Å². The second kappa shape index (κ2) is 5.33. The van der Waals surface area contributed by atoms with Crippen molar-refractivity contribution in [1.29, 1.82) is 0 Å². The van der Waals surface area contributed by atoms with E-state index in [9.17, 15) is 9.18 Å². The minimum absolute atomic E-state index is 0.135. The smallest absolute Gasteiger partial charge is 0.251 e. The van der Waals surface area contributed by atoms with Gasteiger partial charge in [-0.05, 0) is 47.9 Å². The van der Waals surface area contributed by atoms with E-state index < -0.39 is 0 Å². The number of carbonyl (C=O) groups is 1. The predicted molar refractivity (Wildman–Crippen MR) is 76.2 cm³/mol. The van der Waals surface area contributed by atoms with Crippen molar-refractivity contribution >= 4 is 11.6 Å². The van der Waals surface area contributed by atoms with Crippen molar-refractivity contribution in [3.05, 3.63) is 65.0 Å². The normalized spacial score (nSPS) is 12.7. The zero-order valence-corrected chi connectivity index (χ0v) is 10.9. The van der Waals surface area contributed by atoms with Gasteiger partial charge in [0, 0.05) is 24.3 Å². The number of amides is 1. The van der Waals surface area contributed by atoms with Crippen molar-refractivity contribution in [2.75, 3.05) is 11.9 Å². The number of hydrogen-bond acceptors (Lipinski definition) is 2. The number of fused-ring (bicyclic) bond motifs is 1. The lowest BCUT2D eigenvalue weighted by Crippen LogP contribution is -2.22. The molecule has 0 saturated carbocycles. The molecule has 0 radical (unpaired) electrons. The molecule has 1 aliphatic rings. The standard InChI is InChI=1S/C16H15FN2O/c17-14-3-1-2-11(8-14)10-19-16(20)13-4-5-15-12(9-13)6-7-18-15/h1-5,8-9,18H,6-7,10H2,(H,19,20). The van der Waals surface area contributed by atoms with Crippen LogP contribution in [-0.2, 0) is 13.0 Å². The number of nitrogens with one attached hydrogen (secondary N) is 2. The summed E-state index contributed by atoms with van der Waals surface area (Å²) in [5.41, 5.74) is 3.67. The van der Waals surface area contributed by atoms with Crippen LogP contribution in [0.5, 0.6) is 0 Å². The summed E-state index contributed by atoms with van der Waals surface area (Å²) in [6.07, 6.45) is 0.945. The first-order chi connectivity index (χ1) is 9.72. The van der Waals surface area contributed by atoms with Crippen molar-refractivity contribution in [2.45, 2.75) is 13.0 Å². The Kier molecular flexibility index (Phi) is 3.37. The Balaban J connectivity index is 1.67. The van der Waals surface area contributed by atoms with Crippen LogP contribution in [0, 0.1) is 5.82 Å². The third-order valence-corrected chi connectivity index (χ3v) is 3.42. The van der Waals surface area contributed by atoms with Crippen molar-refractivity contribution in [2.24, 2.45) is 0 Å². The number of anilines is 1. The van der Waals surface area contributed by atoms with Crippen LogP contribution >= 0.6 is 0 Å². The highest BCUT2D eigenvalue weighted by Gasteiger charge is 2.13. The Labute approximate surface area is 116 Å². The van der Waals surface area contributed by atoms with E-state index in [1.54, 1.807) is 18.2 Å². The summed E-state index contributed by atoms with van der Waals surface area (Å²) in [7, 11) is 0. The van der Waals surface area contributed by atoms with E-state index in [2.05, 4.69) is 10.6 Å². The summed E-state index contributed by atoms with van der Waals surface area (Å²) >= 11 is 0. The Hall–Kier alpha value is -2.36. The molecular formula is C16H15FN2O. The molecule has 0 atom stereocenters. The van der Waals surface area contributed by atoms with Gasteiger partial charge in [0.1, 0.15) is 5.82 Å². The fourth-order valence-electron chi connectivity index (χ4n) is 2.38. The SMILES string of the molecule is O=C(NCc1cccc(F)c1)c1ccc2c(c1)CCN2. The lowest BCUT2D eigenvalue weighted by molar-refractivity contribution is 0.0951.